The van der Waals surface area contributed by atoms with Gasteiger partial charge in [-0.1, -0.05) is 33.6 Å². The molecule has 1 aliphatic rings. The molecular formula is C16H31NO3. The lowest BCUT2D eigenvalue weighted by Crippen LogP contribution is -2.54. The molecule has 0 saturated heterocycles. The highest BCUT2D eigenvalue weighted by Crippen LogP contribution is 2.38. The number of carboxylic acids is 1. The first-order valence-corrected chi connectivity index (χ1v) is 8.13. The Labute approximate surface area is 123 Å². The van der Waals surface area contributed by atoms with Gasteiger partial charge in [-0.3, -0.25) is 4.79 Å². The maximum absolute atomic E-state index is 11.6. The molecule has 118 valence electrons. The second-order valence-electron chi connectivity index (χ2n) is 6.15. The van der Waals surface area contributed by atoms with E-state index in [-0.39, 0.29) is 5.92 Å². The Morgan fingerprint density at radius 2 is 2.25 bits per heavy atom. The monoisotopic (exact) mass is 285 g/mol. The molecule has 0 bridgehead atoms. The number of ether oxygens (including phenoxy) is 1. The highest BCUT2D eigenvalue weighted by atomic mass is 16.5. The van der Waals surface area contributed by atoms with Crippen LogP contribution in [0.4, 0.5) is 0 Å². The van der Waals surface area contributed by atoms with E-state index in [4.69, 9.17) is 4.74 Å². The molecule has 2 N–H and O–H groups in total. The van der Waals surface area contributed by atoms with Gasteiger partial charge in [-0.25, -0.2) is 0 Å². The van der Waals surface area contributed by atoms with Crippen LogP contribution in [0.15, 0.2) is 0 Å². The Kier molecular flexibility index (Phi) is 7.52. The molecule has 1 saturated carbocycles. The zero-order valence-electron chi connectivity index (χ0n) is 13.3. The van der Waals surface area contributed by atoms with Crippen LogP contribution in [0.5, 0.6) is 0 Å². The van der Waals surface area contributed by atoms with Crippen LogP contribution in [0.25, 0.3) is 0 Å². The van der Waals surface area contributed by atoms with Crippen molar-refractivity contribution in [2.45, 2.75) is 64.8 Å². The molecule has 0 aromatic heterocycles. The van der Waals surface area contributed by atoms with Crippen LogP contribution < -0.4 is 5.32 Å². The number of likely N-dealkylation sites (N-methyl/N-ethyl adjacent to an activating group) is 1. The number of carbonyl (C=O) groups is 1. The summed E-state index contributed by atoms with van der Waals surface area (Å²) in [4.78, 5) is 11.6. The van der Waals surface area contributed by atoms with Crippen molar-refractivity contribution in [1.82, 2.24) is 5.32 Å². The van der Waals surface area contributed by atoms with Crippen molar-refractivity contribution < 1.29 is 14.6 Å². The van der Waals surface area contributed by atoms with Gasteiger partial charge in [0.25, 0.3) is 0 Å². The first-order chi connectivity index (χ1) is 9.56. The first kappa shape index (κ1) is 17.4. The third kappa shape index (κ3) is 4.45. The van der Waals surface area contributed by atoms with Gasteiger partial charge in [-0.05, 0) is 44.1 Å². The summed E-state index contributed by atoms with van der Waals surface area (Å²) in [6, 6.07) is 0. The molecule has 1 aliphatic carbocycles. The highest BCUT2D eigenvalue weighted by Gasteiger charge is 2.48. The number of nitrogens with one attached hydrogen (secondary N) is 1. The van der Waals surface area contributed by atoms with Gasteiger partial charge in [0.1, 0.15) is 5.54 Å². The fraction of sp³-hybridized carbons (Fsp3) is 0.938. The van der Waals surface area contributed by atoms with Gasteiger partial charge >= 0.3 is 5.97 Å². The Morgan fingerprint density at radius 3 is 2.85 bits per heavy atom. The summed E-state index contributed by atoms with van der Waals surface area (Å²) in [7, 11) is 0. The van der Waals surface area contributed by atoms with Gasteiger partial charge in [-0.15, -0.1) is 0 Å². The van der Waals surface area contributed by atoms with Crippen molar-refractivity contribution in [2.24, 2.45) is 11.8 Å². The first-order valence-electron chi connectivity index (χ1n) is 8.13. The summed E-state index contributed by atoms with van der Waals surface area (Å²) in [5, 5.41) is 12.8. The minimum atomic E-state index is -0.715. The normalized spacial score (nSPS) is 27.6. The van der Waals surface area contributed by atoms with Crippen LogP contribution in [0.1, 0.15) is 59.3 Å². The molecule has 1 rings (SSSR count). The van der Waals surface area contributed by atoms with E-state index in [9.17, 15) is 9.90 Å². The van der Waals surface area contributed by atoms with Crippen LogP contribution in [-0.4, -0.2) is 36.4 Å². The molecule has 4 nitrogen and oxygen atoms in total. The SMILES string of the molecule is CCCC(C)COCCC1CCCC1(NCC)C(=O)O. The van der Waals surface area contributed by atoms with Gasteiger partial charge in [0, 0.05) is 13.2 Å². The molecule has 0 aliphatic heterocycles. The molecular weight excluding hydrogens is 254 g/mol. The lowest BCUT2D eigenvalue weighted by atomic mass is 9.84. The van der Waals surface area contributed by atoms with E-state index in [0.29, 0.717) is 19.1 Å². The molecule has 20 heavy (non-hydrogen) atoms. The predicted octanol–water partition coefficient (Wildman–Crippen LogP) is 3.06. The van der Waals surface area contributed by atoms with Gasteiger partial charge in [0.05, 0.1) is 0 Å². The maximum atomic E-state index is 11.6. The molecule has 0 radical (unpaired) electrons. The van der Waals surface area contributed by atoms with Crippen LogP contribution in [0.3, 0.4) is 0 Å². The van der Waals surface area contributed by atoms with Gasteiger partial charge < -0.3 is 15.2 Å². The molecule has 0 amide bonds. The Bertz CT molecular complexity index is 295. The third-order valence-corrected chi connectivity index (χ3v) is 4.49. The second kappa shape index (κ2) is 8.63. The van der Waals surface area contributed by atoms with Gasteiger partial charge in [0.15, 0.2) is 0 Å². The van der Waals surface area contributed by atoms with Crippen LogP contribution in [0, 0.1) is 11.8 Å². The fourth-order valence-corrected chi connectivity index (χ4v) is 3.46. The third-order valence-electron chi connectivity index (χ3n) is 4.49. The van der Waals surface area contributed by atoms with Crippen molar-refractivity contribution >= 4 is 5.97 Å². The number of aliphatic carboxylic acids is 1. The lowest BCUT2D eigenvalue weighted by Gasteiger charge is -2.32. The van der Waals surface area contributed by atoms with Gasteiger partial charge in [-0.2, -0.15) is 0 Å². The predicted molar refractivity (Wildman–Crippen MR) is 80.9 cm³/mol. The molecule has 1 fully saturated rings. The smallest absolute Gasteiger partial charge is 0.324 e. The fourth-order valence-electron chi connectivity index (χ4n) is 3.46. The molecule has 0 heterocycles. The zero-order valence-corrected chi connectivity index (χ0v) is 13.3. The van der Waals surface area contributed by atoms with Crippen LogP contribution >= 0.6 is 0 Å². The topological polar surface area (TPSA) is 58.6 Å². The summed E-state index contributed by atoms with van der Waals surface area (Å²) >= 11 is 0. The summed E-state index contributed by atoms with van der Waals surface area (Å²) in [5.41, 5.74) is -0.715. The van der Waals surface area contributed by atoms with Crippen molar-refractivity contribution in [3.8, 4) is 0 Å². The van der Waals surface area contributed by atoms with E-state index in [0.717, 1.165) is 32.3 Å². The second-order valence-corrected chi connectivity index (χ2v) is 6.15. The Morgan fingerprint density at radius 1 is 1.50 bits per heavy atom. The molecule has 3 unspecified atom stereocenters. The maximum Gasteiger partial charge on any atom is 0.324 e. The van der Waals surface area contributed by atoms with E-state index >= 15 is 0 Å². The minimum Gasteiger partial charge on any atom is -0.480 e. The highest BCUT2D eigenvalue weighted by molar-refractivity contribution is 5.79. The minimum absolute atomic E-state index is 0.196. The Hall–Kier alpha value is -0.610. The summed E-state index contributed by atoms with van der Waals surface area (Å²) in [5.74, 6) is 0.101. The number of hydrogen-bond acceptors (Lipinski definition) is 3. The molecule has 3 atom stereocenters. The van der Waals surface area contributed by atoms with Crippen molar-refractivity contribution in [3.05, 3.63) is 0 Å². The number of rotatable bonds is 10. The summed E-state index contributed by atoms with van der Waals surface area (Å²) < 4.78 is 5.74. The van der Waals surface area contributed by atoms with E-state index in [2.05, 4.69) is 19.2 Å². The molecule has 4 heteroatoms. The van der Waals surface area contributed by atoms with E-state index in [1.54, 1.807) is 0 Å². The van der Waals surface area contributed by atoms with Crippen LogP contribution in [-0.2, 0) is 9.53 Å². The molecule has 0 aromatic carbocycles. The van der Waals surface area contributed by atoms with Crippen molar-refractivity contribution in [2.75, 3.05) is 19.8 Å². The van der Waals surface area contributed by atoms with Gasteiger partial charge in [0.2, 0.25) is 0 Å². The summed E-state index contributed by atoms with van der Waals surface area (Å²) in [6.07, 6.45) is 5.96. The van der Waals surface area contributed by atoms with E-state index in [1.807, 2.05) is 6.92 Å². The van der Waals surface area contributed by atoms with Crippen molar-refractivity contribution in [3.63, 3.8) is 0 Å². The van der Waals surface area contributed by atoms with E-state index < -0.39 is 11.5 Å². The zero-order chi connectivity index (χ0) is 15.0. The standard InChI is InChI=1S/C16H31NO3/c1-4-7-13(3)12-20-11-9-14-8-6-10-16(14,15(18)19)17-5-2/h13-14,17H,4-12H2,1-3H3,(H,18,19). The molecule has 0 aromatic rings. The average molecular weight is 285 g/mol. The van der Waals surface area contributed by atoms with Crippen molar-refractivity contribution in [1.29, 1.82) is 0 Å². The van der Waals surface area contributed by atoms with E-state index in [1.165, 1.54) is 12.8 Å². The lowest BCUT2D eigenvalue weighted by molar-refractivity contribution is -0.147. The largest absolute Gasteiger partial charge is 0.480 e. The Balaban J connectivity index is 2.39. The average Bonchev–Trinajstić information content (AvgIpc) is 2.80. The van der Waals surface area contributed by atoms with Crippen LogP contribution in [0.2, 0.25) is 0 Å². The summed E-state index contributed by atoms with van der Waals surface area (Å²) in [6.45, 7) is 8.55. The number of hydrogen-bond donors (Lipinski definition) is 2. The molecule has 0 spiro atoms. The quantitative estimate of drug-likeness (QED) is 0.606. The number of carboxylic acid groups (broad SMARTS) is 1.